The van der Waals surface area contributed by atoms with Crippen molar-refractivity contribution in [2.45, 2.75) is 44.7 Å². The first kappa shape index (κ1) is 13.9. The van der Waals surface area contributed by atoms with Crippen LogP contribution in [0.15, 0.2) is 24.3 Å². The van der Waals surface area contributed by atoms with Crippen molar-refractivity contribution in [2.75, 3.05) is 0 Å². The Morgan fingerprint density at radius 3 is 2.53 bits per heavy atom. The summed E-state index contributed by atoms with van der Waals surface area (Å²) in [4.78, 5) is 12.1. The zero-order valence-electron chi connectivity index (χ0n) is 11.5. The van der Waals surface area contributed by atoms with E-state index in [0.717, 1.165) is 5.56 Å². The van der Waals surface area contributed by atoms with E-state index in [-0.39, 0.29) is 17.2 Å². The molecule has 0 aromatic heterocycles. The van der Waals surface area contributed by atoms with Crippen molar-refractivity contribution in [3.63, 3.8) is 0 Å². The van der Waals surface area contributed by atoms with Crippen molar-refractivity contribution in [2.24, 2.45) is 11.7 Å². The van der Waals surface area contributed by atoms with Gasteiger partial charge in [0.25, 0.3) is 0 Å². The van der Waals surface area contributed by atoms with Gasteiger partial charge < -0.3 is 16.2 Å². The molecule has 0 aliphatic heterocycles. The number of benzene rings is 1. The third kappa shape index (κ3) is 3.70. The van der Waals surface area contributed by atoms with Gasteiger partial charge >= 0.3 is 0 Å². The quantitative estimate of drug-likeness (QED) is 0.754. The summed E-state index contributed by atoms with van der Waals surface area (Å²) in [5.74, 6) is 0.693. The van der Waals surface area contributed by atoms with Crippen molar-refractivity contribution in [3.05, 3.63) is 29.8 Å². The Morgan fingerprint density at radius 1 is 1.42 bits per heavy atom. The molecule has 4 nitrogen and oxygen atoms in total. The van der Waals surface area contributed by atoms with Gasteiger partial charge in [0.1, 0.15) is 5.75 Å². The van der Waals surface area contributed by atoms with Crippen LogP contribution >= 0.6 is 0 Å². The predicted molar refractivity (Wildman–Crippen MR) is 74.7 cm³/mol. The maximum absolute atomic E-state index is 12.1. The number of phenolic OH excluding ortho intramolecular Hbond substituents is 1. The van der Waals surface area contributed by atoms with E-state index in [0.29, 0.717) is 12.3 Å². The van der Waals surface area contributed by atoms with E-state index in [2.05, 4.69) is 19.2 Å². The molecule has 2 rings (SSSR count). The minimum atomic E-state index is -0.553. The minimum absolute atomic E-state index is 0.107. The maximum Gasteiger partial charge on any atom is 0.237 e. The first-order valence-electron chi connectivity index (χ1n) is 6.74. The molecule has 0 unspecified atom stereocenters. The molecular weight excluding hydrogens is 240 g/mol. The second-order valence-corrected chi connectivity index (χ2v) is 5.96. The zero-order chi connectivity index (χ0) is 14.0. The predicted octanol–water partition coefficient (Wildman–Crippen LogP) is 1.57. The van der Waals surface area contributed by atoms with Crippen LogP contribution in [0.3, 0.4) is 0 Å². The van der Waals surface area contributed by atoms with E-state index in [1.807, 2.05) is 0 Å². The van der Waals surface area contributed by atoms with E-state index < -0.39 is 6.04 Å². The van der Waals surface area contributed by atoms with Gasteiger partial charge in [-0.1, -0.05) is 12.1 Å². The molecule has 19 heavy (non-hydrogen) atoms. The fourth-order valence-corrected chi connectivity index (χ4v) is 2.30. The lowest BCUT2D eigenvalue weighted by Crippen LogP contribution is -2.52. The highest BCUT2D eigenvalue weighted by Gasteiger charge is 2.39. The molecule has 4 heteroatoms. The summed E-state index contributed by atoms with van der Waals surface area (Å²) in [5, 5.41) is 12.2. The van der Waals surface area contributed by atoms with Crippen LogP contribution in [0.5, 0.6) is 5.75 Å². The van der Waals surface area contributed by atoms with Gasteiger partial charge in [-0.3, -0.25) is 4.79 Å². The standard InChI is InChI=1S/C15H22N2O2/c1-15(2,11-5-6-11)17-14(19)13(16)9-10-3-7-12(18)8-4-10/h3-4,7-8,11,13,18H,5-6,9,16H2,1-2H3,(H,17,19)/t13-/m0/s1. The monoisotopic (exact) mass is 262 g/mol. The number of rotatable bonds is 5. The summed E-state index contributed by atoms with van der Waals surface area (Å²) in [6, 6.07) is 6.23. The minimum Gasteiger partial charge on any atom is -0.508 e. The first-order chi connectivity index (χ1) is 8.88. The van der Waals surface area contributed by atoms with Gasteiger partial charge in [0.2, 0.25) is 5.91 Å². The number of amides is 1. The Morgan fingerprint density at radius 2 is 2.00 bits per heavy atom. The van der Waals surface area contributed by atoms with Crippen molar-refractivity contribution in [1.82, 2.24) is 5.32 Å². The number of nitrogens with two attached hydrogens (primary N) is 1. The largest absolute Gasteiger partial charge is 0.508 e. The van der Waals surface area contributed by atoms with Gasteiger partial charge in [-0.15, -0.1) is 0 Å². The number of aromatic hydroxyl groups is 1. The third-order valence-electron chi connectivity index (χ3n) is 3.77. The summed E-state index contributed by atoms with van der Waals surface area (Å²) in [7, 11) is 0. The van der Waals surface area contributed by atoms with Crippen LogP contribution in [-0.4, -0.2) is 22.6 Å². The molecule has 1 amide bonds. The molecule has 1 fully saturated rings. The summed E-state index contributed by atoms with van der Waals surface area (Å²) in [6.07, 6.45) is 2.84. The van der Waals surface area contributed by atoms with Gasteiger partial charge in [-0.05, 0) is 56.7 Å². The third-order valence-corrected chi connectivity index (χ3v) is 3.77. The molecule has 1 aromatic rings. The number of carbonyl (C=O) groups is 1. The van der Waals surface area contributed by atoms with Crippen LogP contribution in [-0.2, 0) is 11.2 Å². The van der Waals surface area contributed by atoms with Crippen LogP contribution < -0.4 is 11.1 Å². The molecule has 0 bridgehead atoms. The highest BCUT2D eigenvalue weighted by molar-refractivity contribution is 5.82. The number of hydrogen-bond donors (Lipinski definition) is 3. The molecule has 1 aliphatic carbocycles. The van der Waals surface area contributed by atoms with Crippen LogP contribution in [0.2, 0.25) is 0 Å². The molecule has 1 aromatic carbocycles. The SMILES string of the molecule is CC(C)(NC(=O)[C@@H](N)Cc1ccc(O)cc1)C1CC1. The lowest BCUT2D eigenvalue weighted by molar-refractivity contribution is -0.124. The van der Waals surface area contributed by atoms with Crippen molar-refractivity contribution in [3.8, 4) is 5.75 Å². The van der Waals surface area contributed by atoms with Gasteiger partial charge in [-0.2, -0.15) is 0 Å². The van der Waals surface area contributed by atoms with Crippen LogP contribution in [0.25, 0.3) is 0 Å². The second-order valence-electron chi connectivity index (χ2n) is 5.96. The summed E-state index contributed by atoms with van der Waals surface area (Å²) in [5.41, 5.74) is 6.73. The zero-order valence-corrected chi connectivity index (χ0v) is 11.5. The van der Waals surface area contributed by atoms with E-state index in [4.69, 9.17) is 5.73 Å². The van der Waals surface area contributed by atoms with Crippen LogP contribution in [0.1, 0.15) is 32.3 Å². The van der Waals surface area contributed by atoms with Gasteiger partial charge in [0, 0.05) is 5.54 Å². The molecule has 0 spiro atoms. The van der Waals surface area contributed by atoms with Crippen LogP contribution in [0, 0.1) is 5.92 Å². The Balaban J connectivity index is 1.90. The van der Waals surface area contributed by atoms with E-state index in [1.54, 1.807) is 24.3 Å². The van der Waals surface area contributed by atoms with Gasteiger partial charge in [0.15, 0.2) is 0 Å². The molecular formula is C15H22N2O2. The summed E-state index contributed by atoms with van der Waals surface area (Å²) < 4.78 is 0. The highest BCUT2D eigenvalue weighted by Crippen LogP contribution is 2.39. The van der Waals surface area contributed by atoms with E-state index >= 15 is 0 Å². The highest BCUT2D eigenvalue weighted by atomic mass is 16.3. The summed E-state index contributed by atoms with van der Waals surface area (Å²) >= 11 is 0. The van der Waals surface area contributed by atoms with Crippen molar-refractivity contribution < 1.29 is 9.90 Å². The maximum atomic E-state index is 12.1. The molecule has 0 saturated heterocycles. The molecule has 104 valence electrons. The van der Waals surface area contributed by atoms with E-state index in [1.165, 1.54) is 12.8 Å². The van der Waals surface area contributed by atoms with Gasteiger partial charge in [0.05, 0.1) is 6.04 Å². The molecule has 0 radical (unpaired) electrons. The topological polar surface area (TPSA) is 75.4 Å². The fourth-order valence-electron chi connectivity index (χ4n) is 2.30. The fraction of sp³-hybridized carbons (Fsp3) is 0.533. The van der Waals surface area contributed by atoms with Crippen LogP contribution in [0.4, 0.5) is 0 Å². The average molecular weight is 262 g/mol. The van der Waals surface area contributed by atoms with Crippen molar-refractivity contribution >= 4 is 5.91 Å². The van der Waals surface area contributed by atoms with Crippen molar-refractivity contribution in [1.29, 1.82) is 0 Å². The second kappa shape index (κ2) is 5.21. The number of carbonyl (C=O) groups excluding carboxylic acids is 1. The Kier molecular flexibility index (Phi) is 3.80. The first-order valence-corrected chi connectivity index (χ1v) is 6.74. The molecule has 1 atom stereocenters. The normalized spacial score (nSPS) is 17.0. The Bertz CT molecular complexity index is 450. The summed E-state index contributed by atoms with van der Waals surface area (Å²) in [6.45, 7) is 4.10. The molecule has 0 heterocycles. The van der Waals surface area contributed by atoms with Gasteiger partial charge in [-0.25, -0.2) is 0 Å². The smallest absolute Gasteiger partial charge is 0.237 e. The number of nitrogens with one attached hydrogen (secondary N) is 1. The molecule has 1 aliphatic rings. The lowest BCUT2D eigenvalue weighted by atomic mass is 9.97. The average Bonchev–Trinajstić information content (AvgIpc) is 3.15. The Labute approximate surface area is 114 Å². The van der Waals surface area contributed by atoms with E-state index in [9.17, 15) is 9.90 Å². The number of phenols is 1. The Hall–Kier alpha value is -1.55. The molecule has 1 saturated carbocycles. The lowest BCUT2D eigenvalue weighted by Gasteiger charge is -2.28. The molecule has 4 N–H and O–H groups in total. The number of hydrogen-bond acceptors (Lipinski definition) is 3.